The van der Waals surface area contributed by atoms with Crippen LogP contribution in [0.4, 0.5) is 11.4 Å². The normalized spacial score (nSPS) is 17.9. The van der Waals surface area contributed by atoms with Gasteiger partial charge in [0.1, 0.15) is 0 Å². The Bertz CT molecular complexity index is 881. The number of nitriles is 1. The number of aryl methyl sites for hydroxylation is 2. The molecule has 0 spiro atoms. The lowest BCUT2D eigenvalue weighted by molar-refractivity contribution is -0.122. The maximum atomic E-state index is 12.5. The van der Waals surface area contributed by atoms with Gasteiger partial charge in [-0.2, -0.15) is 5.26 Å². The van der Waals surface area contributed by atoms with Crippen LogP contribution in [0.5, 0.6) is 0 Å². The van der Waals surface area contributed by atoms with E-state index in [4.69, 9.17) is 5.26 Å². The van der Waals surface area contributed by atoms with Gasteiger partial charge in [-0.15, -0.1) is 0 Å². The number of benzene rings is 2. The first-order valence-electron chi connectivity index (χ1n) is 8.74. The maximum absolute atomic E-state index is 12.5. The number of para-hydroxylation sites is 1. The molecule has 1 fully saturated rings. The summed E-state index contributed by atoms with van der Waals surface area (Å²) in [6.45, 7) is 4.02. The standard InChI is InChI=1S/C21H21N3O2/c1-3-15-6-4-5-13(2)19(15)24-21(26)18-11-17(18)20(25)23-16-9-7-14(12-22)8-10-16/h4-10,17-18H,3,11H2,1-2H3,(H,23,25)(H,24,26). The van der Waals surface area contributed by atoms with Gasteiger partial charge >= 0.3 is 0 Å². The van der Waals surface area contributed by atoms with E-state index in [1.807, 2.05) is 31.2 Å². The summed E-state index contributed by atoms with van der Waals surface area (Å²) in [5.74, 6) is -0.859. The molecule has 0 heterocycles. The Morgan fingerprint density at radius 2 is 1.73 bits per heavy atom. The van der Waals surface area contributed by atoms with Crippen molar-refractivity contribution in [1.82, 2.24) is 0 Å². The number of amides is 2. The van der Waals surface area contributed by atoms with Crippen molar-refractivity contribution in [3.63, 3.8) is 0 Å². The van der Waals surface area contributed by atoms with Crippen LogP contribution in [-0.2, 0) is 16.0 Å². The number of anilines is 2. The second-order valence-corrected chi connectivity index (χ2v) is 6.58. The van der Waals surface area contributed by atoms with E-state index in [-0.39, 0.29) is 23.7 Å². The minimum atomic E-state index is -0.306. The molecule has 2 aromatic carbocycles. The fourth-order valence-corrected chi connectivity index (χ4v) is 3.06. The summed E-state index contributed by atoms with van der Waals surface area (Å²) in [7, 11) is 0. The molecule has 132 valence electrons. The zero-order valence-corrected chi connectivity index (χ0v) is 14.9. The lowest BCUT2D eigenvalue weighted by Gasteiger charge is -2.13. The third kappa shape index (κ3) is 3.75. The number of nitrogens with one attached hydrogen (secondary N) is 2. The van der Waals surface area contributed by atoms with Crippen LogP contribution >= 0.6 is 0 Å². The molecule has 2 unspecified atom stereocenters. The van der Waals surface area contributed by atoms with Gasteiger partial charge in [-0.3, -0.25) is 9.59 Å². The molecule has 5 nitrogen and oxygen atoms in total. The van der Waals surface area contributed by atoms with Gasteiger partial charge in [-0.25, -0.2) is 0 Å². The summed E-state index contributed by atoms with van der Waals surface area (Å²) in [5.41, 5.74) is 4.15. The minimum absolute atomic E-state index is 0.103. The van der Waals surface area contributed by atoms with E-state index in [9.17, 15) is 9.59 Å². The van der Waals surface area contributed by atoms with Gasteiger partial charge in [0.05, 0.1) is 23.5 Å². The first-order chi connectivity index (χ1) is 12.5. The second kappa shape index (κ2) is 7.40. The van der Waals surface area contributed by atoms with Crippen LogP contribution in [0.1, 0.15) is 30.0 Å². The van der Waals surface area contributed by atoms with Crippen LogP contribution in [0.25, 0.3) is 0 Å². The Kier molecular flexibility index (Phi) is 5.04. The monoisotopic (exact) mass is 347 g/mol. The molecule has 0 aliphatic heterocycles. The SMILES string of the molecule is CCc1cccc(C)c1NC(=O)C1CC1C(=O)Nc1ccc(C#N)cc1. The van der Waals surface area contributed by atoms with Crippen LogP contribution < -0.4 is 10.6 Å². The van der Waals surface area contributed by atoms with Crippen molar-refractivity contribution in [2.45, 2.75) is 26.7 Å². The third-order valence-corrected chi connectivity index (χ3v) is 4.73. The molecule has 1 aliphatic rings. The van der Waals surface area contributed by atoms with Crippen molar-refractivity contribution >= 4 is 23.2 Å². The number of rotatable bonds is 5. The summed E-state index contributed by atoms with van der Waals surface area (Å²) in [4.78, 5) is 24.8. The number of nitrogens with zero attached hydrogens (tertiary/aromatic N) is 1. The van der Waals surface area contributed by atoms with Gasteiger partial charge in [0.2, 0.25) is 11.8 Å². The summed E-state index contributed by atoms with van der Waals surface area (Å²) in [5, 5.41) is 14.6. The van der Waals surface area contributed by atoms with Crippen molar-refractivity contribution in [3.8, 4) is 6.07 Å². The fraction of sp³-hybridized carbons (Fsp3) is 0.286. The van der Waals surface area contributed by atoms with E-state index >= 15 is 0 Å². The molecule has 2 N–H and O–H groups in total. The van der Waals surface area contributed by atoms with Gasteiger partial charge in [-0.1, -0.05) is 25.1 Å². The molecule has 0 saturated heterocycles. The summed E-state index contributed by atoms with van der Waals surface area (Å²) < 4.78 is 0. The van der Waals surface area contributed by atoms with Crippen LogP contribution in [0.15, 0.2) is 42.5 Å². The van der Waals surface area contributed by atoms with E-state index in [0.29, 0.717) is 17.7 Å². The van der Waals surface area contributed by atoms with Gasteiger partial charge in [0.15, 0.2) is 0 Å². The molecule has 3 rings (SSSR count). The Morgan fingerprint density at radius 3 is 2.35 bits per heavy atom. The molecular weight excluding hydrogens is 326 g/mol. The predicted molar refractivity (Wildman–Crippen MR) is 101 cm³/mol. The summed E-state index contributed by atoms with van der Waals surface area (Å²) in [6.07, 6.45) is 1.39. The number of carbonyl (C=O) groups is 2. The number of carbonyl (C=O) groups excluding carboxylic acids is 2. The van der Waals surface area contributed by atoms with Crippen molar-refractivity contribution in [2.24, 2.45) is 11.8 Å². The average Bonchev–Trinajstić information content (AvgIpc) is 3.45. The highest BCUT2D eigenvalue weighted by Gasteiger charge is 2.48. The molecule has 1 saturated carbocycles. The van der Waals surface area contributed by atoms with Crippen molar-refractivity contribution < 1.29 is 9.59 Å². The van der Waals surface area contributed by atoms with Crippen molar-refractivity contribution in [1.29, 1.82) is 5.26 Å². The summed E-state index contributed by atoms with van der Waals surface area (Å²) >= 11 is 0. The van der Waals surface area contributed by atoms with Crippen LogP contribution in [0.3, 0.4) is 0 Å². The lowest BCUT2D eigenvalue weighted by Crippen LogP contribution is -2.21. The van der Waals surface area contributed by atoms with E-state index in [0.717, 1.165) is 23.2 Å². The minimum Gasteiger partial charge on any atom is -0.326 e. The molecule has 2 atom stereocenters. The smallest absolute Gasteiger partial charge is 0.228 e. The largest absolute Gasteiger partial charge is 0.326 e. The van der Waals surface area contributed by atoms with E-state index in [1.165, 1.54) is 0 Å². The Labute approximate surface area is 153 Å². The highest BCUT2D eigenvalue weighted by molar-refractivity contribution is 6.03. The van der Waals surface area contributed by atoms with E-state index in [2.05, 4.69) is 17.6 Å². The highest BCUT2D eigenvalue weighted by atomic mass is 16.2. The van der Waals surface area contributed by atoms with Gasteiger partial charge in [-0.05, 0) is 55.2 Å². The predicted octanol–water partition coefficient (Wildman–Crippen LogP) is 3.64. The molecule has 5 heteroatoms. The fourth-order valence-electron chi connectivity index (χ4n) is 3.06. The lowest BCUT2D eigenvalue weighted by atomic mass is 10.1. The van der Waals surface area contributed by atoms with Crippen molar-refractivity contribution in [3.05, 3.63) is 59.2 Å². The Hall–Kier alpha value is -3.13. The molecular formula is C21H21N3O2. The molecule has 2 amide bonds. The molecule has 1 aliphatic carbocycles. The molecule has 0 radical (unpaired) electrons. The number of hydrogen-bond donors (Lipinski definition) is 2. The molecule has 26 heavy (non-hydrogen) atoms. The van der Waals surface area contributed by atoms with Crippen LogP contribution in [0, 0.1) is 30.1 Å². The zero-order chi connectivity index (χ0) is 18.7. The molecule has 2 aromatic rings. The van der Waals surface area contributed by atoms with Gasteiger partial charge in [0, 0.05) is 11.4 Å². The zero-order valence-electron chi connectivity index (χ0n) is 14.9. The van der Waals surface area contributed by atoms with Crippen LogP contribution in [-0.4, -0.2) is 11.8 Å². The summed E-state index contributed by atoms with van der Waals surface area (Å²) in [6, 6.07) is 14.7. The highest BCUT2D eigenvalue weighted by Crippen LogP contribution is 2.40. The topological polar surface area (TPSA) is 82.0 Å². The van der Waals surface area contributed by atoms with Gasteiger partial charge in [0.25, 0.3) is 0 Å². The molecule has 0 bridgehead atoms. The van der Waals surface area contributed by atoms with Gasteiger partial charge < -0.3 is 10.6 Å². The van der Waals surface area contributed by atoms with E-state index in [1.54, 1.807) is 24.3 Å². The van der Waals surface area contributed by atoms with Crippen LogP contribution in [0.2, 0.25) is 0 Å². The van der Waals surface area contributed by atoms with Crippen molar-refractivity contribution in [2.75, 3.05) is 10.6 Å². The van der Waals surface area contributed by atoms with E-state index < -0.39 is 0 Å². The Balaban J connectivity index is 1.60. The Morgan fingerprint density at radius 1 is 1.08 bits per heavy atom. The second-order valence-electron chi connectivity index (χ2n) is 6.58. The quantitative estimate of drug-likeness (QED) is 0.866. The average molecular weight is 347 g/mol. The maximum Gasteiger partial charge on any atom is 0.228 e. The molecule has 0 aromatic heterocycles. The number of hydrogen-bond acceptors (Lipinski definition) is 3. The first kappa shape index (κ1) is 17.7. The first-order valence-corrected chi connectivity index (χ1v) is 8.74. The third-order valence-electron chi connectivity index (χ3n) is 4.73.